The number of halogens is 2. The van der Waals surface area contributed by atoms with Gasteiger partial charge in [0.2, 0.25) is 0 Å². The summed E-state index contributed by atoms with van der Waals surface area (Å²) in [7, 11) is 0. The largest absolute Gasteiger partial charge is 0.331 e. The minimum Gasteiger partial charge on any atom is -0.331 e. The van der Waals surface area contributed by atoms with Crippen molar-refractivity contribution >= 4 is 50.9 Å². The van der Waals surface area contributed by atoms with Crippen LogP contribution < -0.4 is 0 Å². The van der Waals surface area contributed by atoms with Crippen molar-refractivity contribution in [1.82, 2.24) is 9.55 Å². The minimum absolute atomic E-state index is 0.259. The lowest BCUT2D eigenvalue weighted by Gasteiger charge is -2.14. The Hall–Kier alpha value is -0.330. The van der Waals surface area contributed by atoms with E-state index in [9.17, 15) is 4.39 Å². The highest BCUT2D eigenvalue weighted by molar-refractivity contribution is 9.10. The summed E-state index contributed by atoms with van der Waals surface area (Å²) in [6.45, 7) is 4.28. The van der Waals surface area contributed by atoms with Gasteiger partial charge in [-0.2, -0.15) is 11.8 Å². The van der Waals surface area contributed by atoms with E-state index in [2.05, 4.69) is 34.8 Å². The molecule has 1 aromatic carbocycles. The van der Waals surface area contributed by atoms with Gasteiger partial charge in [-0.25, -0.2) is 4.39 Å². The Bertz CT molecular complexity index is 635. The van der Waals surface area contributed by atoms with Gasteiger partial charge in [-0.15, -0.1) is 0 Å². The summed E-state index contributed by atoms with van der Waals surface area (Å²) in [4.78, 5) is 3.14. The third kappa shape index (κ3) is 3.23. The third-order valence-electron chi connectivity index (χ3n) is 3.08. The van der Waals surface area contributed by atoms with Crippen LogP contribution in [-0.4, -0.2) is 21.1 Å². The molecule has 2 nitrogen and oxygen atoms in total. The molecular weight excluding hydrogens is 347 g/mol. The third-order valence-corrected chi connectivity index (χ3v) is 4.92. The number of thioether (sulfide) groups is 1. The average molecular weight is 363 g/mol. The maximum atomic E-state index is 13.7. The van der Waals surface area contributed by atoms with Crippen LogP contribution >= 0.6 is 39.9 Å². The Morgan fingerprint density at radius 1 is 1.53 bits per heavy atom. The summed E-state index contributed by atoms with van der Waals surface area (Å²) in [6.07, 6.45) is 1.03. The van der Waals surface area contributed by atoms with Gasteiger partial charge in [-0.3, -0.25) is 0 Å². The van der Waals surface area contributed by atoms with E-state index in [1.165, 1.54) is 6.07 Å². The van der Waals surface area contributed by atoms with Crippen LogP contribution in [0.5, 0.6) is 0 Å². The van der Waals surface area contributed by atoms with Crippen LogP contribution in [0.1, 0.15) is 26.3 Å². The first-order valence-corrected chi connectivity index (χ1v) is 8.57. The topological polar surface area (TPSA) is 20.7 Å². The summed E-state index contributed by atoms with van der Waals surface area (Å²) in [5.41, 5.74) is 1.70. The van der Waals surface area contributed by atoms with Crippen LogP contribution in [0.2, 0.25) is 0 Å². The second-order valence-corrected chi connectivity index (χ2v) is 7.05. The monoisotopic (exact) mass is 362 g/mol. The molecule has 0 bridgehead atoms. The summed E-state index contributed by atoms with van der Waals surface area (Å²) >= 11 is 10.5. The highest BCUT2D eigenvalue weighted by atomic mass is 79.9. The van der Waals surface area contributed by atoms with Crippen LogP contribution in [0.4, 0.5) is 4.39 Å². The molecule has 0 spiro atoms. The lowest BCUT2D eigenvalue weighted by Crippen LogP contribution is -2.06. The van der Waals surface area contributed by atoms with Crippen molar-refractivity contribution in [2.45, 2.75) is 26.3 Å². The lowest BCUT2D eigenvalue weighted by atomic mass is 10.2. The van der Waals surface area contributed by atoms with Crippen molar-refractivity contribution in [3.05, 3.63) is 27.2 Å². The molecule has 0 aliphatic heterocycles. The normalized spacial score (nSPS) is 13.1. The van der Waals surface area contributed by atoms with Crippen molar-refractivity contribution in [3.63, 3.8) is 0 Å². The standard InChI is InChI=1S/C13H16BrFN2S2/c1-3-19-5-4-8(2)17-12-7-10(15)9(14)6-11(12)16-13(17)18/h6-8H,3-5H2,1-2H3,(H,16,18). The number of hydrogen-bond acceptors (Lipinski definition) is 2. The van der Waals surface area contributed by atoms with Gasteiger partial charge in [-0.1, -0.05) is 6.92 Å². The zero-order valence-corrected chi connectivity index (χ0v) is 14.1. The fourth-order valence-electron chi connectivity index (χ4n) is 2.09. The molecule has 104 valence electrons. The Labute approximate surface area is 129 Å². The van der Waals surface area contributed by atoms with Gasteiger partial charge < -0.3 is 9.55 Å². The lowest BCUT2D eigenvalue weighted by molar-refractivity contribution is 0.541. The number of rotatable bonds is 5. The van der Waals surface area contributed by atoms with E-state index in [-0.39, 0.29) is 11.9 Å². The molecule has 2 rings (SSSR count). The predicted octanol–water partition coefficient (Wildman–Crippen LogP) is 5.30. The molecule has 1 heterocycles. The molecule has 1 unspecified atom stereocenters. The van der Waals surface area contributed by atoms with Crippen molar-refractivity contribution < 1.29 is 4.39 Å². The zero-order valence-electron chi connectivity index (χ0n) is 10.9. The number of hydrogen-bond donors (Lipinski definition) is 1. The molecule has 6 heteroatoms. The van der Waals surface area contributed by atoms with E-state index in [0.29, 0.717) is 9.24 Å². The molecule has 0 aliphatic rings. The molecule has 0 fully saturated rings. The molecule has 2 aromatic rings. The smallest absolute Gasteiger partial charge is 0.178 e. The van der Waals surface area contributed by atoms with Crippen LogP contribution in [-0.2, 0) is 0 Å². The average Bonchev–Trinajstić information content (AvgIpc) is 2.65. The quantitative estimate of drug-likeness (QED) is 0.574. The van der Waals surface area contributed by atoms with Crippen LogP contribution in [0, 0.1) is 10.6 Å². The van der Waals surface area contributed by atoms with Gasteiger partial charge in [0.05, 0.1) is 15.5 Å². The number of aromatic amines is 1. The molecule has 0 radical (unpaired) electrons. The molecule has 0 saturated heterocycles. The zero-order chi connectivity index (χ0) is 14.0. The first kappa shape index (κ1) is 15.1. The van der Waals surface area contributed by atoms with Crippen LogP contribution in [0.15, 0.2) is 16.6 Å². The first-order chi connectivity index (χ1) is 9.04. The number of nitrogens with one attached hydrogen (secondary N) is 1. The first-order valence-electron chi connectivity index (χ1n) is 6.21. The highest BCUT2D eigenvalue weighted by Gasteiger charge is 2.13. The van der Waals surface area contributed by atoms with E-state index in [1.54, 1.807) is 6.07 Å². The minimum atomic E-state index is -0.259. The molecule has 0 saturated carbocycles. The van der Waals surface area contributed by atoms with Gasteiger partial charge in [0, 0.05) is 12.1 Å². The maximum Gasteiger partial charge on any atom is 0.178 e. The predicted molar refractivity (Wildman–Crippen MR) is 87.1 cm³/mol. The molecule has 0 amide bonds. The molecule has 19 heavy (non-hydrogen) atoms. The molecule has 1 aromatic heterocycles. The van der Waals surface area contributed by atoms with Crippen molar-refractivity contribution in [1.29, 1.82) is 0 Å². The summed E-state index contributed by atoms with van der Waals surface area (Å²) in [5.74, 6) is 1.95. The van der Waals surface area contributed by atoms with E-state index in [0.717, 1.165) is 29.0 Å². The molecular formula is C13H16BrFN2S2. The number of fused-ring (bicyclic) bond motifs is 1. The fourth-order valence-corrected chi connectivity index (χ4v) is 3.61. The Kier molecular flexibility index (Phi) is 5.09. The fraction of sp³-hybridized carbons (Fsp3) is 0.462. The highest BCUT2D eigenvalue weighted by Crippen LogP contribution is 2.27. The molecule has 1 atom stereocenters. The SMILES string of the molecule is CCSCCC(C)n1c(=S)[nH]c2cc(Br)c(F)cc21. The Morgan fingerprint density at radius 2 is 2.26 bits per heavy atom. The number of imidazole rings is 1. The number of H-pyrrole nitrogens is 1. The number of aromatic nitrogens is 2. The second kappa shape index (κ2) is 6.41. The Morgan fingerprint density at radius 3 is 2.95 bits per heavy atom. The van der Waals surface area contributed by atoms with Gasteiger partial charge in [0.1, 0.15) is 5.82 Å². The summed E-state index contributed by atoms with van der Waals surface area (Å²) in [5, 5.41) is 0. The maximum absolute atomic E-state index is 13.7. The summed E-state index contributed by atoms with van der Waals surface area (Å²) < 4.78 is 16.8. The van der Waals surface area contributed by atoms with Crippen LogP contribution in [0.25, 0.3) is 11.0 Å². The molecule has 0 aliphatic carbocycles. The van der Waals surface area contributed by atoms with Gasteiger partial charge >= 0.3 is 0 Å². The van der Waals surface area contributed by atoms with E-state index < -0.39 is 0 Å². The van der Waals surface area contributed by atoms with Crippen molar-refractivity contribution in [2.75, 3.05) is 11.5 Å². The number of nitrogens with zero attached hydrogens (tertiary/aromatic N) is 1. The van der Waals surface area contributed by atoms with Crippen LogP contribution in [0.3, 0.4) is 0 Å². The van der Waals surface area contributed by atoms with Crippen molar-refractivity contribution in [3.8, 4) is 0 Å². The van der Waals surface area contributed by atoms with Gasteiger partial charge in [-0.05, 0) is 59.1 Å². The van der Waals surface area contributed by atoms with Gasteiger partial charge in [0.15, 0.2) is 4.77 Å². The Balaban J connectivity index is 2.39. The van der Waals surface area contributed by atoms with E-state index in [4.69, 9.17) is 12.2 Å². The summed E-state index contributed by atoms with van der Waals surface area (Å²) in [6, 6.07) is 3.54. The molecule has 1 N–H and O–H groups in total. The number of benzene rings is 1. The van der Waals surface area contributed by atoms with E-state index in [1.807, 2.05) is 16.3 Å². The van der Waals surface area contributed by atoms with Crippen molar-refractivity contribution in [2.24, 2.45) is 0 Å². The van der Waals surface area contributed by atoms with E-state index >= 15 is 0 Å². The second-order valence-electron chi connectivity index (χ2n) is 4.42. The van der Waals surface area contributed by atoms with Gasteiger partial charge in [0.25, 0.3) is 0 Å².